The van der Waals surface area contributed by atoms with Crippen LogP contribution in [0.4, 0.5) is 0 Å². The summed E-state index contributed by atoms with van der Waals surface area (Å²) >= 11 is 0. The van der Waals surface area contributed by atoms with Crippen molar-refractivity contribution in [2.45, 2.75) is 58.1 Å². The van der Waals surface area contributed by atoms with Crippen LogP contribution in [0.2, 0.25) is 0 Å². The second kappa shape index (κ2) is 6.01. The molecule has 1 fully saturated rings. The first-order valence-corrected chi connectivity index (χ1v) is 7.27. The third-order valence-corrected chi connectivity index (χ3v) is 4.04. The molecule has 1 N–H and O–H groups in total. The number of ether oxygens (including phenoxy) is 1. The molecule has 0 aromatic carbocycles. The second-order valence-corrected chi connectivity index (χ2v) is 5.47. The molecule has 1 aromatic rings. The van der Waals surface area contributed by atoms with Gasteiger partial charge in [-0.1, -0.05) is 12.1 Å². The first-order chi connectivity index (χ1) is 9.12. The Morgan fingerprint density at radius 1 is 1.47 bits per heavy atom. The summed E-state index contributed by atoms with van der Waals surface area (Å²) in [6, 6.07) is 0.452. The van der Waals surface area contributed by atoms with Crippen LogP contribution in [-0.4, -0.2) is 29.8 Å². The number of hydrogen-bond donors (Lipinski definition) is 1. The van der Waals surface area contributed by atoms with Crippen LogP contribution in [0.1, 0.15) is 51.7 Å². The molecule has 1 aliphatic carbocycles. The number of nitrogens with zero attached hydrogens (tertiary/aromatic N) is 2. The quantitative estimate of drug-likeness (QED) is 0.783. The van der Waals surface area contributed by atoms with Crippen molar-refractivity contribution in [2.24, 2.45) is 5.92 Å². The van der Waals surface area contributed by atoms with Gasteiger partial charge in [0.2, 0.25) is 11.7 Å². The number of likely N-dealkylation sites (N-methyl/N-ethyl adjacent to an activating group) is 1. The first-order valence-electron chi connectivity index (χ1n) is 7.27. The summed E-state index contributed by atoms with van der Waals surface area (Å²) in [6.45, 7) is 6.72. The molecule has 0 saturated heterocycles. The monoisotopic (exact) mass is 267 g/mol. The van der Waals surface area contributed by atoms with E-state index in [1.807, 2.05) is 20.9 Å². The Morgan fingerprint density at radius 3 is 2.74 bits per heavy atom. The molecule has 108 valence electrons. The van der Waals surface area contributed by atoms with Gasteiger partial charge in [0, 0.05) is 19.1 Å². The molecule has 19 heavy (non-hydrogen) atoms. The summed E-state index contributed by atoms with van der Waals surface area (Å²) in [5.74, 6) is 2.14. The maximum absolute atomic E-state index is 5.77. The van der Waals surface area contributed by atoms with Gasteiger partial charge in [-0.2, -0.15) is 4.98 Å². The Morgan fingerprint density at radius 2 is 2.21 bits per heavy atom. The molecule has 1 aliphatic rings. The molecule has 5 heteroatoms. The molecule has 5 nitrogen and oxygen atoms in total. The lowest BCUT2D eigenvalue weighted by Gasteiger charge is -2.23. The second-order valence-electron chi connectivity index (χ2n) is 5.47. The van der Waals surface area contributed by atoms with Gasteiger partial charge in [0.15, 0.2) is 0 Å². The van der Waals surface area contributed by atoms with Crippen molar-refractivity contribution >= 4 is 0 Å². The minimum absolute atomic E-state index is 0.439. The van der Waals surface area contributed by atoms with E-state index in [4.69, 9.17) is 9.26 Å². The SMILES string of the molecule is CCOC(C)(CC)c1noc(CC(NC)C2CC2)n1. The number of hydrogen-bond acceptors (Lipinski definition) is 5. The molecule has 0 spiro atoms. The summed E-state index contributed by atoms with van der Waals surface area (Å²) in [5, 5.41) is 7.45. The minimum atomic E-state index is -0.439. The molecule has 1 aromatic heterocycles. The molecular formula is C14H25N3O2. The lowest BCUT2D eigenvalue weighted by molar-refractivity contribution is -0.0403. The highest BCUT2D eigenvalue weighted by molar-refractivity contribution is 5.01. The molecule has 1 saturated carbocycles. The van der Waals surface area contributed by atoms with E-state index in [1.165, 1.54) is 12.8 Å². The van der Waals surface area contributed by atoms with Gasteiger partial charge in [0.25, 0.3) is 0 Å². The summed E-state index contributed by atoms with van der Waals surface area (Å²) < 4.78 is 11.2. The highest BCUT2D eigenvalue weighted by Crippen LogP contribution is 2.34. The zero-order valence-electron chi connectivity index (χ0n) is 12.4. The average Bonchev–Trinajstić information content (AvgIpc) is 3.14. The van der Waals surface area contributed by atoms with Crippen molar-refractivity contribution in [1.29, 1.82) is 0 Å². The van der Waals surface area contributed by atoms with Crippen LogP contribution in [-0.2, 0) is 16.8 Å². The van der Waals surface area contributed by atoms with Gasteiger partial charge in [0.05, 0.1) is 0 Å². The largest absolute Gasteiger partial charge is 0.367 e. The maximum atomic E-state index is 5.77. The third-order valence-electron chi connectivity index (χ3n) is 4.04. The molecule has 0 amide bonds. The van der Waals surface area contributed by atoms with E-state index in [-0.39, 0.29) is 0 Å². The molecule has 2 unspecified atom stereocenters. The van der Waals surface area contributed by atoms with Crippen LogP contribution in [0.15, 0.2) is 4.52 Å². The van der Waals surface area contributed by atoms with Gasteiger partial charge in [0.1, 0.15) is 5.60 Å². The molecule has 2 rings (SSSR count). The highest BCUT2D eigenvalue weighted by atomic mass is 16.5. The van der Waals surface area contributed by atoms with E-state index < -0.39 is 5.60 Å². The van der Waals surface area contributed by atoms with Gasteiger partial charge in [-0.25, -0.2) is 0 Å². The predicted molar refractivity (Wildman–Crippen MR) is 72.8 cm³/mol. The summed E-state index contributed by atoms with van der Waals surface area (Å²) in [4.78, 5) is 4.53. The average molecular weight is 267 g/mol. The van der Waals surface area contributed by atoms with Crippen LogP contribution < -0.4 is 5.32 Å². The molecule has 0 bridgehead atoms. The Hall–Kier alpha value is -0.940. The molecule has 0 aliphatic heterocycles. The summed E-state index contributed by atoms with van der Waals surface area (Å²) in [7, 11) is 2.00. The Kier molecular flexibility index (Phi) is 4.58. The predicted octanol–water partition coefficient (Wildman–Crippen LogP) is 2.27. The fraction of sp³-hybridized carbons (Fsp3) is 0.857. The Labute approximate surface area is 115 Å². The molecule has 2 atom stereocenters. The van der Waals surface area contributed by atoms with E-state index in [0.717, 1.165) is 18.8 Å². The van der Waals surface area contributed by atoms with Crippen molar-refractivity contribution in [3.63, 3.8) is 0 Å². The normalized spacial score (nSPS) is 20.2. The zero-order valence-corrected chi connectivity index (χ0v) is 12.4. The van der Waals surface area contributed by atoms with E-state index in [1.54, 1.807) is 0 Å². The van der Waals surface area contributed by atoms with Crippen LogP contribution in [0, 0.1) is 5.92 Å². The number of rotatable bonds is 8. The van der Waals surface area contributed by atoms with Crippen LogP contribution in [0.3, 0.4) is 0 Å². The zero-order chi connectivity index (χ0) is 13.9. The standard InChI is InChI=1S/C14H25N3O2/c1-5-14(3,18-6-2)13-16-12(19-17-13)9-11(15-4)10-7-8-10/h10-11,15H,5-9H2,1-4H3. The smallest absolute Gasteiger partial charge is 0.228 e. The lowest BCUT2D eigenvalue weighted by Crippen LogP contribution is -2.30. The Bertz CT molecular complexity index is 403. The van der Waals surface area contributed by atoms with Crippen LogP contribution in [0.25, 0.3) is 0 Å². The summed E-state index contributed by atoms with van der Waals surface area (Å²) in [6.07, 6.45) is 4.24. The molecule has 1 heterocycles. The van der Waals surface area contributed by atoms with Gasteiger partial charge in [-0.3, -0.25) is 0 Å². The van der Waals surface area contributed by atoms with Gasteiger partial charge in [-0.05, 0) is 46.1 Å². The number of aromatic nitrogens is 2. The van der Waals surface area contributed by atoms with Gasteiger partial charge < -0.3 is 14.6 Å². The van der Waals surface area contributed by atoms with Crippen molar-refractivity contribution < 1.29 is 9.26 Å². The number of nitrogens with one attached hydrogen (secondary N) is 1. The van der Waals surface area contributed by atoms with Crippen LogP contribution >= 0.6 is 0 Å². The third kappa shape index (κ3) is 3.34. The van der Waals surface area contributed by atoms with Gasteiger partial charge in [-0.15, -0.1) is 0 Å². The lowest BCUT2D eigenvalue weighted by atomic mass is 10.0. The fourth-order valence-electron chi connectivity index (χ4n) is 2.39. The maximum Gasteiger partial charge on any atom is 0.228 e. The highest BCUT2D eigenvalue weighted by Gasteiger charge is 2.34. The first kappa shape index (κ1) is 14.5. The van der Waals surface area contributed by atoms with Crippen molar-refractivity contribution in [1.82, 2.24) is 15.5 Å². The van der Waals surface area contributed by atoms with E-state index >= 15 is 0 Å². The topological polar surface area (TPSA) is 60.2 Å². The van der Waals surface area contributed by atoms with Gasteiger partial charge >= 0.3 is 0 Å². The van der Waals surface area contributed by atoms with Crippen LogP contribution in [0.5, 0.6) is 0 Å². The Balaban J connectivity index is 2.04. The summed E-state index contributed by atoms with van der Waals surface area (Å²) in [5.41, 5.74) is -0.439. The van der Waals surface area contributed by atoms with Crippen molar-refractivity contribution in [3.05, 3.63) is 11.7 Å². The van der Waals surface area contributed by atoms with Crippen molar-refractivity contribution in [3.8, 4) is 0 Å². The van der Waals surface area contributed by atoms with E-state index in [2.05, 4.69) is 22.4 Å². The van der Waals surface area contributed by atoms with E-state index in [9.17, 15) is 0 Å². The molecule has 0 radical (unpaired) electrons. The van der Waals surface area contributed by atoms with E-state index in [0.29, 0.717) is 24.4 Å². The minimum Gasteiger partial charge on any atom is -0.367 e. The van der Waals surface area contributed by atoms with Crippen molar-refractivity contribution in [2.75, 3.05) is 13.7 Å². The molecular weight excluding hydrogens is 242 g/mol. The fourth-order valence-corrected chi connectivity index (χ4v) is 2.39.